The maximum absolute atomic E-state index is 14.4. The van der Waals surface area contributed by atoms with E-state index in [9.17, 15) is 20.2 Å². The molecule has 3 N–H and O–H groups in total. The SMILES string of the molecule is COC1CC(OC2C(C)=CCC3CC(C[C@]4(CCC(C)C(C5CCCCC5)O4)O3)OC(=O)C3C=C(C)C(=NO)C4OCC(=CC=CC2C)[C@@]34O)OC(C)C1O. The van der Waals surface area contributed by atoms with Gasteiger partial charge in [-0.05, 0) is 75.0 Å². The predicted octanol–water partition coefficient (Wildman–Crippen LogP) is 6.07. The molecule has 1 saturated carbocycles. The molecule has 12 unspecified atom stereocenters. The first-order valence-electron chi connectivity index (χ1n) is 20.7. The molecule has 5 heterocycles. The molecule has 0 radical (unpaired) electrons. The number of hydrogen-bond donors (Lipinski definition) is 3. The van der Waals surface area contributed by atoms with E-state index in [4.69, 9.17) is 33.2 Å². The van der Waals surface area contributed by atoms with Crippen molar-refractivity contribution in [2.75, 3.05) is 13.7 Å². The number of allylic oxidation sites excluding steroid dienone is 2. The van der Waals surface area contributed by atoms with Crippen molar-refractivity contribution in [2.24, 2.45) is 28.8 Å². The Morgan fingerprint density at radius 2 is 1.80 bits per heavy atom. The highest BCUT2D eigenvalue weighted by Crippen LogP contribution is 2.48. The van der Waals surface area contributed by atoms with Gasteiger partial charge in [0.05, 0.1) is 37.1 Å². The van der Waals surface area contributed by atoms with Gasteiger partial charge >= 0.3 is 5.97 Å². The van der Waals surface area contributed by atoms with E-state index < -0.39 is 66.2 Å². The summed E-state index contributed by atoms with van der Waals surface area (Å²) in [7, 11) is 1.59. The van der Waals surface area contributed by atoms with Crippen molar-refractivity contribution in [2.45, 2.75) is 172 Å². The minimum Gasteiger partial charge on any atom is -0.462 e. The van der Waals surface area contributed by atoms with Gasteiger partial charge in [0.15, 0.2) is 12.1 Å². The normalized spacial score (nSPS) is 45.4. The lowest BCUT2D eigenvalue weighted by molar-refractivity contribution is -0.342. The van der Waals surface area contributed by atoms with E-state index in [1.165, 1.54) is 19.3 Å². The zero-order valence-electron chi connectivity index (χ0n) is 33.4. The Morgan fingerprint density at radius 3 is 2.55 bits per heavy atom. The summed E-state index contributed by atoms with van der Waals surface area (Å²) in [6.07, 6.45) is 14.4. The van der Waals surface area contributed by atoms with Crippen LogP contribution in [0, 0.1) is 23.7 Å². The van der Waals surface area contributed by atoms with E-state index in [0.29, 0.717) is 55.1 Å². The number of methoxy groups -OCH3 is 1. The van der Waals surface area contributed by atoms with Gasteiger partial charge in [-0.2, -0.15) is 0 Å². The third-order valence-corrected chi connectivity index (χ3v) is 13.6. The molecule has 5 aliphatic heterocycles. The highest BCUT2D eigenvalue weighted by Gasteiger charge is 2.60. The molecule has 7 aliphatic rings. The Labute approximate surface area is 325 Å². The molecule has 0 aromatic carbocycles. The van der Waals surface area contributed by atoms with Gasteiger partial charge in [-0.3, -0.25) is 4.79 Å². The third-order valence-electron chi connectivity index (χ3n) is 13.6. The van der Waals surface area contributed by atoms with Crippen LogP contribution in [0.25, 0.3) is 0 Å². The second-order valence-corrected chi connectivity index (χ2v) is 17.4. The number of aliphatic hydroxyl groups is 2. The maximum atomic E-state index is 14.4. The summed E-state index contributed by atoms with van der Waals surface area (Å²) >= 11 is 0. The van der Waals surface area contributed by atoms with E-state index in [1.807, 2.05) is 19.1 Å². The lowest BCUT2D eigenvalue weighted by atomic mass is 9.71. The highest BCUT2D eigenvalue weighted by molar-refractivity contribution is 6.06. The van der Waals surface area contributed by atoms with E-state index in [1.54, 1.807) is 26.2 Å². The minimum absolute atomic E-state index is 0.0359. The van der Waals surface area contributed by atoms with Crippen LogP contribution in [-0.2, 0) is 38.0 Å². The molecule has 306 valence electrons. The summed E-state index contributed by atoms with van der Waals surface area (Å²) in [6.45, 7) is 10.0. The van der Waals surface area contributed by atoms with E-state index in [-0.39, 0.29) is 30.4 Å². The van der Waals surface area contributed by atoms with Crippen LogP contribution in [0.2, 0.25) is 0 Å². The van der Waals surface area contributed by atoms with Gasteiger partial charge in [0.2, 0.25) is 0 Å². The third kappa shape index (κ3) is 8.17. The van der Waals surface area contributed by atoms with Crippen LogP contribution < -0.4 is 0 Å². The van der Waals surface area contributed by atoms with E-state index >= 15 is 0 Å². The Bertz CT molecular complexity index is 1550. The number of hydrogen-bond acceptors (Lipinski definition) is 12. The molecule has 2 aliphatic carbocycles. The predicted molar refractivity (Wildman–Crippen MR) is 203 cm³/mol. The molecule has 5 fully saturated rings. The van der Waals surface area contributed by atoms with Crippen molar-refractivity contribution < 1.29 is 53.4 Å². The summed E-state index contributed by atoms with van der Waals surface area (Å²) in [5, 5.41) is 36.7. The summed E-state index contributed by atoms with van der Waals surface area (Å²) in [4.78, 5) is 14.4. The van der Waals surface area contributed by atoms with Crippen molar-refractivity contribution >= 4 is 11.7 Å². The molecule has 12 heteroatoms. The van der Waals surface area contributed by atoms with Crippen molar-refractivity contribution in [3.63, 3.8) is 0 Å². The number of ether oxygens (including phenoxy) is 7. The molecule has 55 heavy (non-hydrogen) atoms. The van der Waals surface area contributed by atoms with Gasteiger partial charge in [0, 0.05) is 38.7 Å². The van der Waals surface area contributed by atoms with Crippen LogP contribution in [0.4, 0.5) is 0 Å². The monoisotopic (exact) mass is 769 g/mol. The van der Waals surface area contributed by atoms with Gasteiger partial charge < -0.3 is 48.6 Å². The van der Waals surface area contributed by atoms with Crippen molar-refractivity contribution in [1.82, 2.24) is 0 Å². The molecule has 4 saturated heterocycles. The fourth-order valence-corrected chi connectivity index (χ4v) is 10.4. The molecule has 0 aromatic rings. The molecule has 2 bridgehead atoms. The number of aliphatic hydroxyl groups excluding tert-OH is 1. The largest absolute Gasteiger partial charge is 0.462 e. The molecular formula is C43H63NO11. The van der Waals surface area contributed by atoms with Gasteiger partial charge in [-0.25, -0.2) is 0 Å². The quantitative estimate of drug-likeness (QED) is 0.132. The number of fused-ring (bicyclic) bond motifs is 2. The van der Waals surface area contributed by atoms with Crippen molar-refractivity contribution in [3.8, 4) is 0 Å². The molecular weight excluding hydrogens is 706 g/mol. The first-order chi connectivity index (χ1) is 26.4. The maximum Gasteiger partial charge on any atom is 0.316 e. The van der Waals surface area contributed by atoms with Crippen LogP contribution in [0.15, 0.2) is 52.3 Å². The Morgan fingerprint density at radius 1 is 1.02 bits per heavy atom. The molecule has 7 rings (SSSR count). The lowest BCUT2D eigenvalue weighted by Crippen LogP contribution is -2.57. The second kappa shape index (κ2) is 16.8. The average molecular weight is 770 g/mol. The van der Waals surface area contributed by atoms with Crippen LogP contribution in [0.5, 0.6) is 0 Å². The molecule has 1 spiro atoms. The number of carbonyl (C=O) groups is 1. The van der Waals surface area contributed by atoms with Gasteiger partial charge in [-0.1, -0.05) is 68.6 Å². The summed E-state index contributed by atoms with van der Waals surface area (Å²) in [5.41, 5.74) is 0.362. The number of rotatable bonds is 4. The number of oxime groups is 1. The fourth-order valence-electron chi connectivity index (χ4n) is 10.4. The summed E-state index contributed by atoms with van der Waals surface area (Å²) in [6, 6.07) is 0. The van der Waals surface area contributed by atoms with Gasteiger partial charge in [-0.15, -0.1) is 0 Å². The summed E-state index contributed by atoms with van der Waals surface area (Å²) in [5.74, 6) is -1.83. The zero-order valence-corrected chi connectivity index (χ0v) is 33.4. The van der Waals surface area contributed by atoms with Crippen LogP contribution >= 0.6 is 0 Å². The minimum atomic E-state index is -1.83. The van der Waals surface area contributed by atoms with Gasteiger partial charge in [0.1, 0.15) is 35.5 Å². The summed E-state index contributed by atoms with van der Waals surface area (Å²) < 4.78 is 45.1. The van der Waals surface area contributed by atoms with Crippen LogP contribution in [-0.4, -0.2) is 107 Å². The fraction of sp³-hybridized carbons (Fsp3) is 0.767. The average Bonchev–Trinajstić information content (AvgIpc) is 3.50. The first kappa shape index (κ1) is 40.8. The Hall–Kier alpha value is -2.42. The Balaban J connectivity index is 1.25. The second-order valence-electron chi connectivity index (χ2n) is 17.4. The standard InChI is InChI=1S/C43H63NO11/c1-24-11-10-14-30-23-50-40-36(44-48)27(4)19-33(43(30,40)47)41(46)52-32-20-31(16-15-25(2)38(24)53-35-21-34(49-6)37(45)28(5)51-35)54-42(22-32)18-17-26(3)39(55-42)29-12-8-7-9-13-29/h10-11,14-15,19,24,26,28-29,31-35,37-40,45,47-48H,7-9,12-13,16-18,20-23H2,1-6H3/t24?,26?,28?,31?,32?,33?,34?,35?,37?,38?,39?,40?,42-,43-/m1/s1. The smallest absolute Gasteiger partial charge is 0.316 e. The zero-order chi connectivity index (χ0) is 39.1. The molecule has 14 atom stereocenters. The van der Waals surface area contributed by atoms with Gasteiger partial charge in [0.25, 0.3) is 0 Å². The molecule has 12 nitrogen and oxygen atoms in total. The van der Waals surface area contributed by atoms with Crippen molar-refractivity contribution in [3.05, 3.63) is 47.1 Å². The first-order valence-corrected chi connectivity index (χ1v) is 20.7. The lowest BCUT2D eigenvalue weighted by Gasteiger charge is -2.51. The van der Waals surface area contributed by atoms with Crippen LogP contribution in [0.1, 0.15) is 105 Å². The topological polar surface area (TPSA) is 155 Å². The highest BCUT2D eigenvalue weighted by atomic mass is 16.7. The number of carbonyl (C=O) groups excluding carboxylic acids is 1. The molecule has 0 amide bonds. The Kier molecular flexibility index (Phi) is 12.5. The number of nitrogens with zero attached hydrogens (tertiary/aromatic N) is 1. The van der Waals surface area contributed by atoms with Crippen LogP contribution in [0.3, 0.4) is 0 Å². The van der Waals surface area contributed by atoms with E-state index in [2.05, 4.69) is 32.0 Å². The van der Waals surface area contributed by atoms with Crippen molar-refractivity contribution in [1.29, 1.82) is 0 Å². The number of esters is 1. The van der Waals surface area contributed by atoms with E-state index in [0.717, 1.165) is 24.8 Å². The molecule has 0 aromatic heterocycles.